The van der Waals surface area contributed by atoms with E-state index in [1.807, 2.05) is 27.7 Å². The van der Waals surface area contributed by atoms with E-state index in [9.17, 15) is 19.8 Å². The molecule has 0 radical (unpaired) electrons. The molecule has 2 N–H and O–H groups in total. The average Bonchev–Trinajstić information content (AvgIpc) is 3.12. The van der Waals surface area contributed by atoms with Crippen LogP contribution in [0.4, 0.5) is 0 Å². The van der Waals surface area contributed by atoms with E-state index in [1.54, 1.807) is 6.08 Å². The molecule has 5 atom stereocenters. The second-order valence-electron chi connectivity index (χ2n) is 8.02. The van der Waals surface area contributed by atoms with Gasteiger partial charge in [-0.2, -0.15) is 0 Å². The molecule has 26 heavy (non-hydrogen) atoms. The number of allylic oxidation sites excluding steroid dienone is 1. The molecule has 0 amide bonds. The van der Waals surface area contributed by atoms with Gasteiger partial charge in [-0.1, -0.05) is 97.5 Å². The summed E-state index contributed by atoms with van der Waals surface area (Å²) < 4.78 is -0.139. The van der Waals surface area contributed by atoms with Gasteiger partial charge in [-0.15, -0.1) is 0 Å². The lowest BCUT2D eigenvalue weighted by atomic mass is 9.73. The van der Waals surface area contributed by atoms with Crippen LogP contribution >= 0.6 is 95.6 Å². The number of carboxylic acid groups (broad SMARTS) is 2. The predicted molar refractivity (Wildman–Crippen MR) is 123 cm³/mol. The van der Waals surface area contributed by atoms with Crippen LogP contribution in [-0.2, 0) is 9.59 Å². The molecule has 4 nitrogen and oxygen atoms in total. The van der Waals surface area contributed by atoms with E-state index in [0.717, 1.165) is 0 Å². The molecular weight excluding hydrogens is 736 g/mol. The summed E-state index contributed by atoms with van der Waals surface area (Å²) in [6.07, 6.45) is 1.76. The van der Waals surface area contributed by atoms with Crippen molar-refractivity contribution in [2.45, 2.75) is 34.7 Å². The van der Waals surface area contributed by atoms with Gasteiger partial charge < -0.3 is 10.2 Å². The van der Waals surface area contributed by atoms with Gasteiger partial charge >= 0.3 is 11.9 Å². The molecule has 0 bridgehead atoms. The predicted octanol–water partition coefficient (Wildman–Crippen LogP) is 6.67. The van der Waals surface area contributed by atoms with Crippen LogP contribution < -0.4 is 0 Å². The SMILES string of the molecule is CC1(C)C(C=C(Br)Br)C1(C(=O)O)C1(C(=O)O)C(C(Br)C(Br)(Br)Br)C1(C)C. The van der Waals surface area contributed by atoms with Gasteiger partial charge in [0.05, 0.1) is 19.0 Å². The van der Waals surface area contributed by atoms with Crippen molar-refractivity contribution in [3.05, 3.63) is 9.47 Å². The molecule has 0 spiro atoms. The third-order valence-electron chi connectivity index (χ3n) is 6.55. The molecule has 10 heteroatoms. The highest BCUT2D eigenvalue weighted by atomic mass is 80.0. The first kappa shape index (κ1) is 23.8. The topological polar surface area (TPSA) is 74.6 Å². The summed E-state index contributed by atoms with van der Waals surface area (Å²) in [6, 6.07) is 0. The maximum atomic E-state index is 12.7. The molecule has 148 valence electrons. The summed E-state index contributed by atoms with van der Waals surface area (Å²) in [5.74, 6) is -3.03. The highest BCUT2D eigenvalue weighted by molar-refractivity contribution is 9.40. The number of rotatable bonds is 5. The molecule has 2 rings (SSSR count). The first-order valence-electron chi connectivity index (χ1n) is 7.67. The van der Waals surface area contributed by atoms with Crippen molar-refractivity contribution in [1.29, 1.82) is 0 Å². The van der Waals surface area contributed by atoms with Crippen LogP contribution in [0.1, 0.15) is 27.7 Å². The number of hydrogen-bond donors (Lipinski definition) is 2. The van der Waals surface area contributed by atoms with E-state index in [4.69, 9.17) is 0 Å². The van der Waals surface area contributed by atoms with E-state index in [-0.39, 0.29) is 4.83 Å². The summed E-state index contributed by atoms with van der Waals surface area (Å²) in [5.41, 5.74) is -4.35. The summed E-state index contributed by atoms with van der Waals surface area (Å²) in [7, 11) is 0. The van der Waals surface area contributed by atoms with E-state index >= 15 is 0 Å². The van der Waals surface area contributed by atoms with Gasteiger partial charge in [0.15, 0.2) is 0 Å². The van der Waals surface area contributed by atoms with E-state index in [0.29, 0.717) is 3.39 Å². The zero-order valence-corrected chi connectivity index (χ0v) is 23.8. The van der Waals surface area contributed by atoms with Gasteiger partial charge in [-0.25, -0.2) is 0 Å². The lowest BCUT2D eigenvalue weighted by Gasteiger charge is -2.29. The number of aliphatic carboxylic acids is 2. The Bertz CT molecular complexity index is 693. The molecule has 0 heterocycles. The fourth-order valence-corrected chi connectivity index (χ4v) is 7.88. The average molecular weight is 754 g/mol. The molecular formula is C16H18Br6O4. The highest BCUT2D eigenvalue weighted by Crippen LogP contribution is 2.91. The zero-order valence-electron chi connectivity index (χ0n) is 14.3. The van der Waals surface area contributed by atoms with E-state index < -0.39 is 47.6 Å². The smallest absolute Gasteiger partial charge is 0.312 e. The van der Waals surface area contributed by atoms with Crippen molar-refractivity contribution < 1.29 is 19.8 Å². The van der Waals surface area contributed by atoms with Crippen molar-refractivity contribution in [2.75, 3.05) is 0 Å². The minimum absolute atomic E-state index is 0.370. The summed E-state index contributed by atoms with van der Waals surface area (Å²) in [4.78, 5) is 24.9. The Labute approximate surface area is 203 Å². The van der Waals surface area contributed by atoms with Crippen LogP contribution in [-0.4, -0.2) is 29.1 Å². The van der Waals surface area contributed by atoms with Crippen LogP contribution in [0, 0.1) is 33.5 Å². The minimum Gasteiger partial charge on any atom is -0.481 e. The molecule has 2 saturated carbocycles. The molecule has 0 aromatic heterocycles. The number of carboxylic acids is 2. The zero-order chi connectivity index (χ0) is 20.7. The fourth-order valence-electron chi connectivity index (χ4n) is 5.50. The maximum Gasteiger partial charge on any atom is 0.312 e. The van der Waals surface area contributed by atoms with Crippen LogP contribution in [0.25, 0.3) is 0 Å². The largest absolute Gasteiger partial charge is 0.481 e. The van der Waals surface area contributed by atoms with Crippen LogP contribution in [0.2, 0.25) is 0 Å². The van der Waals surface area contributed by atoms with Gasteiger partial charge in [0.2, 0.25) is 0 Å². The van der Waals surface area contributed by atoms with Gasteiger partial charge in [-0.05, 0) is 48.6 Å². The van der Waals surface area contributed by atoms with Crippen LogP contribution in [0.3, 0.4) is 0 Å². The molecule has 5 unspecified atom stereocenters. The molecule has 2 fully saturated rings. The first-order chi connectivity index (χ1) is 11.5. The number of hydrogen-bond acceptors (Lipinski definition) is 2. The van der Waals surface area contributed by atoms with Crippen molar-refractivity contribution in [3.8, 4) is 0 Å². The lowest BCUT2D eigenvalue weighted by molar-refractivity contribution is -0.163. The minimum atomic E-state index is -1.44. The molecule has 0 saturated heterocycles. The second kappa shape index (κ2) is 6.79. The van der Waals surface area contributed by atoms with Crippen molar-refractivity contribution >= 4 is 108 Å². The molecule has 2 aliphatic carbocycles. The molecule has 0 aromatic carbocycles. The van der Waals surface area contributed by atoms with Gasteiger partial charge in [0.1, 0.15) is 2.14 Å². The number of carbonyl (C=O) groups is 2. The summed E-state index contributed by atoms with van der Waals surface area (Å²) in [6.45, 7) is 7.33. The molecule has 0 aromatic rings. The Kier molecular flexibility index (Phi) is 6.22. The normalized spacial score (nSPS) is 38.2. The Hall–Kier alpha value is 1.56. The fraction of sp³-hybridized carbons (Fsp3) is 0.750. The quantitative estimate of drug-likeness (QED) is 0.308. The Morgan fingerprint density at radius 1 is 0.962 bits per heavy atom. The number of alkyl halides is 4. The third-order valence-corrected chi connectivity index (χ3v) is 11.6. The van der Waals surface area contributed by atoms with Crippen molar-refractivity contribution in [2.24, 2.45) is 33.5 Å². The van der Waals surface area contributed by atoms with Crippen LogP contribution in [0.5, 0.6) is 0 Å². The van der Waals surface area contributed by atoms with E-state index in [2.05, 4.69) is 95.6 Å². The standard InChI is InChI=1S/C16H18Br6O4/c1-12(2)6(5-7(17)18)14(12,10(23)24)15(11(25)26)8(13(15,3)4)9(19)16(20,21)22/h5-6,8-9H,1-4H3,(H,23,24)(H,25,26). The Balaban J connectivity index is 2.76. The molecule has 0 aliphatic heterocycles. The van der Waals surface area contributed by atoms with E-state index in [1.165, 1.54) is 0 Å². The second-order valence-corrected chi connectivity index (χ2v) is 18.7. The van der Waals surface area contributed by atoms with Crippen molar-refractivity contribution in [1.82, 2.24) is 0 Å². The van der Waals surface area contributed by atoms with Crippen LogP contribution in [0.15, 0.2) is 9.47 Å². The maximum absolute atomic E-state index is 12.7. The third kappa shape index (κ3) is 2.77. The van der Waals surface area contributed by atoms with Gasteiger partial charge in [0.25, 0.3) is 0 Å². The Morgan fingerprint density at radius 2 is 1.38 bits per heavy atom. The summed E-state index contributed by atoms with van der Waals surface area (Å²) in [5, 5.41) is 20.7. The van der Waals surface area contributed by atoms with Gasteiger partial charge in [0, 0.05) is 5.92 Å². The Morgan fingerprint density at radius 3 is 1.69 bits per heavy atom. The van der Waals surface area contributed by atoms with Gasteiger partial charge in [-0.3, -0.25) is 9.59 Å². The van der Waals surface area contributed by atoms with Crippen molar-refractivity contribution in [3.63, 3.8) is 0 Å². The molecule has 2 aliphatic rings. The highest BCUT2D eigenvalue weighted by Gasteiger charge is 2.97. The lowest BCUT2D eigenvalue weighted by Crippen LogP contribution is -2.43. The summed E-state index contributed by atoms with van der Waals surface area (Å²) >= 11 is 20.6. The number of halogens is 6. The first-order valence-corrected chi connectivity index (χ1v) is 12.5. The monoisotopic (exact) mass is 748 g/mol.